The highest BCUT2D eigenvalue weighted by Gasteiger charge is 2.11. The SMILES string of the molecule is CCCCN(C)c1ccc(C(=O)Nc2cccc(C(=O)OC)c2)nc1. The van der Waals surface area contributed by atoms with Crippen molar-refractivity contribution >= 4 is 23.3 Å². The maximum Gasteiger partial charge on any atom is 0.337 e. The second kappa shape index (κ2) is 8.82. The molecule has 0 unspecified atom stereocenters. The number of ether oxygens (including phenoxy) is 1. The number of carbonyl (C=O) groups excluding carboxylic acids is 2. The van der Waals surface area contributed by atoms with Gasteiger partial charge in [-0.25, -0.2) is 9.78 Å². The van der Waals surface area contributed by atoms with Crippen LogP contribution in [0.1, 0.15) is 40.6 Å². The smallest absolute Gasteiger partial charge is 0.337 e. The van der Waals surface area contributed by atoms with Gasteiger partial charge in [0.05, 0.1) is 24.6 Å². The number of aromatic nitrogens is 1. The average molecular weight is 341 g/mol. The first-order chi connectivity index (χ1) is 12.0. The molecule has 1 heterocycles. The minimum atomic E-state index is -0.450. The number of rotatable bonds is 7. The molecule has 0 aliphatic rings. The normalized spacial score (nSPS) is 10.2. The largest absolute Gasteiger partial charge is 0.465 e. The van der Waals surface area contributed by atoms with Crippen LogP contribution in [0.5, 0.6) is 0 Å². The lowest BCUT2D eigenvalue weighted by molar-refractivity contribution is 0.0600. The Balaban J connectivity index is 2.05. The number of hydrogen-bond donors (Lipinski definition) is 1. The van der Waals surface area contributed by atoms with Crippen LogP contribution in [-0.4, -0.2) is 37.6 Å². The number of methoxy groups -OCH3 is 1. The van der Waals surface area contributed by atoms with Crippen molar-refractivity contribution in [3.05, 3.63) is 53.9 Å². The van der Waals surface area contributed by atoms with E-state index in [4.69, 9.17) is 0 Å². The lowest BCUT2D eigenvalue weighted by Gasteiger charge is -2.18. The molecule has 0 spiro atoms. The van der Waals surface area contributed by atoms with Crippen LogP contribution in [0.2, 0.25) is 0 Å². The number of pyridine rings is 1. The van der Waals surface area contributed by atoms with Gasteiger partial charge >= 0.3 is 5.97 Å². The third-order valence-corrected chi connectivity index (χ3v) is 3.81. The molecule has 0 aliphatic carbocycles. The number of amides is 1. The van der Waals surface area contributed by atoms with E-state index < -0.39 is 5.97 Å². The third kappa shape index (κ3) is 5.04. The Bertz CT molecular complexity index is 729. The molecule has 132 valence electrons. The van der Waals surface area contributed by atoms with Crippen LogP contribution in [0.25, 0.3) is 0 Å². The highest BCUT2D eigenvalue weighted by molar-refractivity contribution is 6.03. The summed E-state index contributed by atoms with van der Waals surface area (Å²) in [5.74, 6) is -0.779. The van der Waals surface area contributed by atoms with Crippen LogP contribution in [0.15, 0.2) is 42.6 Å². The Morgan fingerprint density at radius 1 is 1.24 bits per heavy atom. The fraction of sp³-hybridized carbons (Fsp3) is 0.316. The molecule has 0 aliphatic heterocycles. The van der Waals surface area contributed by atoms with Crippen LogP contribution in [0.3, 0.4) is 0 Å². The van der Waals surface area contributed by atoms with Gasteiger partial charge in [-0.1, -0.05) is 19.4 Å². The minimum absolute atomic E-state index is 0.316. The van der Waals surface area contributed by atoms with Crippen LogP contribution in [0, 0.1) is 0 Å². The second-order valence-corrected chi connectivity index (χ2v) is 5.70. The van der Waals surface area contributed by atoms with Crippen molar-refractivity contribution in [3.8, 4) is 0 Å². The van der Waals surface area contributed by atoms with Crippen LogP contribution in [0.4, 0.5) is 11.4 Å². The third-order valence-electron chi connectivity index (χ3n) is 3.81. The molecule has 0 saturated carbocycles. The van der Waals surface area contributed by atoms with Gasteiger partial charge in [0.2, 0.25) is 0 Å². The lowest BCUT2D eigenvalue weighted by Crippen LogP contribution is -2.19. The average Bonchev–Trinajstić information content (AvgIpc) is 2.65. The van der Waals surface area contributed by atoms with Crippen molar-refractivity contribution in [1.29, 1.82) is 0 Å². The molecule has 0 bridgehead atoms. The zero-order valence-electron chi connectivity index (χ0n) is 14.8. The summed E-state index contributed by atoms with van der Waals surface area (Å²) in [5, 5.41) is 2.74. The number of nitrogens with zero attached hydrogens (tertiary/aromatic N) is 2. The Hall–Kier alpha value is -2.89. The van der Waals surface area contributed by atoms with Gasteiger partial charge in [-0.15, -0.1) is 0 Å². The van der Waals surface area contributed by atoms with E-state index in [2.05, 4.69) is 26.9 Å². The van der Waals surface area contributed by atoms with E-state index in [1.165, 1.54) is 7.11 Å². The molecule has 1 N–H and O–H groups in total. The summed E-state index contributed by atoms with van der Waals surface area (Å²) >= 11 is 0. The number of esters is 1. The first-order valence-corrected chi connectivity index (χ1v) is 8.22. The zero-order chi connectivity index (χ0) is 18.2. The van der Waals surface area contributed by atoms with Gasteiger partial charge in [-0.3, -0.25) is 4.79 Å². The molecule has 2 aromatic rings. The van der Waals surface area contributed by atoms with Gasteiger partial charge in [0.25, 0.3) is 5.91 Å². The Kier molecular flexibility index (Phi) is 6.51. The lowest BCUT2D eigenvalue weighted by atomic mass is 10.2. The van der Waals surface area contributed by atoms with Crippen LogP contribution < -0.4 is 10.2 Å². The van der Waals surface area contributed by atoms with E-state index in [9.17, 15) is 9.59 Å². The highest BCUT2D eigenvalue weighted by atomic mass is 16.5. The quantitative estimate of drug-likeness (QED) is 0.782. The van der Waals surface area contributed by atoms with Crippen molar-refractivity contribution in [2.24, 2.45) is 0 Å². The highest BCUT2D eigenvalue weighted by Crippen LogP contribution is 2.15. The van der Waals surface area contributed by atoms with Gasteiger partial charge < -0.3 is 15.0 Å². The summed E-state index contributed by atoms with van der Waals surface area (Å²) in [5.41, 5.74) is 2.17. The standard InChI is InChI=1S/C19H23N3O3/c1-4-5-11-22(2)16-9-10-17(20-13-16)18(23)21-15-8-6-7-14(12-15)19(24)25-3/h6-10,12-13H,4-5,11H2,1-3H3,(H,21,23). The second-order valence-electron chi connectivity index (χ2n) is 5.70. The van der Waals surface area contributed by atoms with Crippen molar-refractivity contribution in [2.75, 3.05) is 30.9 Å². The van der Waals surface area contributed by atoms with E-state index in [0.717, 1.165) is 25.1 Å². The summed E-state index contributed by atoms with van der Waals surface area (Å²) in [6, 6.07) is 10.1. The number of anilines is 2. The van der Waals surface area contributed by atoms with Crippen molar-refractivity contribution in [2.45, 2.75) is 19.8 Å². The van der Waals surface area contributed by atoms with Gasteiger partial charge in [-0.05, 0) is 36.8 Å². The van der Waals surface area contributed by atoms with Crippen molar-refractivity contribution in [1.82, 2.24) is 4.98 Å². The molecule has 2 rings (SSSR count). The minimum Gasteiger partial charge on any atom is -0.465 e. The predicted octanol–water partition coefficient (Wildman–Crippen LogP) is 3.36. The first kappa shape index (κ1) is 18.4. The van der Waals surface area contributed by atoms with E-state index in [-0.39, 0.29) is 5.91 Å². The zero-order valence-corrected chi connectivity index (χ0v) is 14.8. The maximum atomic E-state index is 12.3. The Labute approximate surface area is 147 Å². The first-order valence-electron chi connectivity index (χ1n) is 8.22. The number of unbranched alkanes of at least 4 members (excludes halogenated alkanes) is 1. The summed E-state index contributed by atoms with van der Waals surface area (Å²) in [7, 11) is 3.32. The van der Waals surface area contributed by atoms with E-state index in [0.29, 0.717) is 16.9 Å². The molecule has 6 nitrogen and oxygen atoms in total. The fourth-order valence-electron chi connectivity index (χ4n) is 2.31. The molecule has 0 atom stereocenters. The maximum absolute atomic E-state index is 12.3. The summed E-state index contributed by atoms with van der Waals surface area (Å²) < 4.78 is 4.68. The molecule has 0 radical (unpaired) electrons. The number of hydrogen-bond acceptors (Lipinski definition) is 5. The monoisotopic (exact) mass is 341 g/mol. The Morgan fingerprint density at radius 2 is 2.04 bits per heavy atom. The van der Waals surface area contributed by atoms with Gasteiger partial charge in [-0.2, -0.15) is 0 Å². The van der Waals surface area contributed by atoms with Gasteiger partial charge in [0.1, 0.15) is 5.69 Å². The summed E-state index contributed by atoms with van der Waals surface area (Å²) in [6.45, 7) is 3.10. The molecule has 6 heteroatoms. The predicted molar refractivity (Wildman–Crippen MR) is 98.1 cm³/mol. The van der Waals surface area contributed by atoms with E-state index >= 15 is 0 Å². The molecule has 0 saturated heterocycles. The Morgan fingerprint density at radius 3 is 2.68 bits per heavy atom. The van der Waals surface area contributed by atoms with Gasteiger partial charge in [0.15, 0.2) is 0 Å². The topological polar surface area (TPSA) is 71.5 Å². The molecule has 1 amide bonds. The number of nitrogens with one attached hydrogen (secondary N) is 1. The molecule has 25 heavy (non-hydrogen) atoms. The molecule has 0 fully saturated rings. The van der Waals surface area contributed by atoms with E-state index in [1.54, 1.807) is 36.5 Å². The molecular weight excluding hydrogens is 318 g/mol. The van der Waals surface area contributed by atoms with Crippen LogP contribution in [-0.2, 0) is 4.74 Å². The number of benzene rings is 1. The van der Waals surface area contributed by atoms with E-state index in [1.807, 2.05) is 13.1 Å². The fourth-order valence-corrected chi connectivity index (χ4v) is 2.31. The van der Waals surface area contributed by atoms with Crippen LogP contribution >= 0.6 is 0 Å². The molecule has 1 aromatic carbocycles. The van der Waals surface area contributed by atoms with Crippen molar-refractivity contribution in [3.63, 3.8) is 0 Å². The molecule has 1 aromatic heterocycles. The number of carbonyl (C=O) groups is 2. The summed E-state index contributed by atoms with van der Waals surface area (Å²) in [4.78, 5) is 30.2. The van der Waals surface area contributed by atoms with Gasteiger partial charge in [0, 0.05) is 19.3 Å². The summed E-state index contributed by atoms with van der Waals surface area (Å²) in [6.07, 6.45) is 3.92. The molecular formula is C19H23N3O3. The van der Waals surface area contributed by atoms with Crippen molar-refractivity contribution < 1.29 is 14.3 Å².